The molecule has 0 heterocycles. The molecule has 0 aromatic carbocycles. The molecule has 558 valence electrons. The summed E-state index contributed by atoms with van der Waals surface area (Å²) in [5.74, 6) is 0.839. The number of phosphoric acid groups is 2. The molecule has 5 atom stereocenters. The van der Waals surface area contributed by atoms with E-state index in [0.29, 0.717) is 37.5 Å². The molecular weight excluding hydrogens is 1230 g/mol. The molecule has 0 aliphatic carbocycles. The zero-order valence-corrected chi connectivity index (χ0v) is 63.4. The fraction of sp³-hybridized carbons (Fsp3) is 0.947. The first-order valence-corrected chi connectivity index (χ1v) is 41.7. The van der Waals surface area contributed by atoms with Crippen LogP contribution in [-0.2, 0) is 65.4 Å². The lowest BCUT2D eigenvalue weighted by Gasteiger charge is -2.21. The van der Waals surface area contributed by atoms with Gasteiger partial charge < -0.3 is 33.8 Å². The van der Waals surface area contributed by atoms with Gasteiger partial charge >= 0.3 is 39.5 Å². The lowest BCUT2D eigenvalue weighted by atomic mass is 10.0. The van der Waals surface area contributed by atoms with Gasteiger partial charge in [-0.1, -0.05) is 325 Å². The van der Waals surface area contributed by atoms with E-state index in [9.17, 15) is 43.2 Å². The van der Waals surface area contributed by atoms with Crippen LogP contribution in [0.25, 0.3) is 0 Å². The van der Waals surface area contributed by atoms with Gasteiger partial charge in [0.05, 0.1) is 26.4 Å². The van der Waals surface area contributed by atoms with Gasteiger partial charge in [-0.15, -0.1) is 0 Å². The molecule has 0 aliphatic rings. The van der Waals surface area contributed by atoms with Crippen LogP contribution >= 0.6 is 15.6 Å². The first-order valence-electron chi connectivity index (χ1n) is 38.7. The summed E-state index contributed by atoms with van der Waals surface area (Å²) in [5, 5.41) is 10.6. The van der Waals surface area contributed by atoms with Gasteiger partial charge in [0.2, 0.25) is 0 Å². The van der Waals surface area contributed by atoms with Gasteiger partial charge in [-0.25, -0.2) is 9.13 Å². The van der Waals surface area contributed by atoms with Crippen LogP contribution in [0.1, 0.15) is 376 Å². The summed E-state index contributed by atoms with van der Waals surface area (Å²) in [6, 6.07) is 0. The lowest BCUT2D eigenvalue weighted by molar-refractivity contribution is -0.161. The normalized spacial score (nSPS) is 14.2. The van der Waals surface area contributed by atoms with E-state index in [1.165, 1.54) is 173 Å². The molecule has 3 N–H and O–H groups in total. The third kappa shape index (κ3) is 68.6. The summed E-state index contributed by atoms with van der Waals surface area (Å²) in [6.45, 7) is 14.1. The molecule has 0 amide bonds. The average Bonchev–Trinajstić information content (AvgIpc) is 1.51. The molecule has 94 heavy (non-hydrogen) atoms. The molecule has 0 bridgehead atoms. The number of unbranched alkanes of at least 4 members (excludes halogenated alkanes) is 38. The van der Waals surface area contributed by atoms with Crippen LogP contribution in [0.15, 0.2) is 0 Å². The van der Waals surface area contributed by atoms with Gasteiger partial charge in [0.25, 0.3) is 0 Å². The highest BCUT2D eigenvalue weighted by molar-refractivity contribution is 7.47. The zero-order valence-electron chi connectivity index (χ0n) is 61.6. The second-order valence-corrected chi connectivity index (χ2v) is 31.9. The second kappa shape index (κ2) is 64.4. The predicted octanol–water partition coefficient (Wildman–Crippen LogP) is 21.7. The Morgan fingerprint density at radius 1 is 0.266 bits per heavy atom. The highest BCUT2D eigenvalue weighted by Gasteiger charge is 2.30. The molecule has 19 heteroatoms. The summed E-state index contributed by atoms with van der Waals surface area (Å²) < 4.78 is 68.4. The smallest absolute Gasteiger partial charge is 0.462 e. The van der Waals surface area contributed by atoms with E-state index in [1.54, 1.807) is 0 Å². The van der Waals surface area contributed by atoms with Crippen LogP contribution in [0.2, 0.25) is 0 Å². The number of carbonyl (C=O) groups excluding carboxylic acids is 4. The van der Waals surface area contributed by atoms with Gasteiger partial charge in [0.15, 0.2) is 12.2 Å². The highest BCUT2D eigenvalue weighted by atomic mass is 31.2. The van der Waals surface area contributed by atoms with Crippen LogP contribution in [0, 0.1) is 23.7 Å². The molecule has 0 aromatic heterocycles. The SMILES string of the molecule is CC(C)CCCCCCCCCCCCCCCCCCCCC(=O)O[C@H](COC(=O)CCCCCCCCCCCCCC(C)C)COP(=O)(O)OC[C@@H](O)COP(=O)(O)OC[C@@H](COC(=O)CCCCCCCCC(C)C)OC(=O)CCCCCCCCCC(C)C. The fourth-order valence-electron chi connectivity index (χ4n) is 11.4. The minimum absolute atomic E-state index is 0.102. The second-order valence-electron chi connectivity index (χ2n) is 28.9. The number of hydrogen-bond acceptors (Lipinski definition) is 15. The van der Waals surface area contributed by atoms with E-state index < -0.39 is 97.5 Å². The Bertz CT molecular complexity index is 1850. The first kappa shape index (κ1) is 92.1. The Labute approximate surface area is 575 Å². The van der Waals surface area contributed by atoms with Crippen LogP contribution in [0.4, 0.5) is 0 Å². The molecule has 0 radical (unpaired) electrons. The van der Waals surface area contributed by atoms with Crippen molar-refractivity contribution in [3.05, 3.63) is 0 Å². The first-order chi connectivity index (χ1) is 45.1. The summed E-state index contributed by atoms with van der Waals surface area (Å²) >= 11 is 0. The van der Waals surface area contributed by atoms with Crippen molar-refractivity contribution in [1.82, 2.24) is 0 Å². The standard InChI is InChI=1S/C75H146O17P2/c1-65(2)51-43-35-27-22-18-15-13-11-9-10-12-14-16-20-25-31-41-49-57-74(79)91-70(61-85-72(77)55-47-39-30-24-21-17-19-23-28-36-44-52-66(3)4)63-89-93(81,82)87-59-69(76)60-88-94(83,84)90-64-71(62-86-73(78)56-48-40-34-33-38-46-54-68(7)8)92-75(80)58-50-42-32-26-29-37-45-53-67(5)6/h65-71,76H,9-64H2,1-8H3,(H,81,82)(H,83,84)/t69-,70-,71-/m1/s1. The van der Waals surface area contributed by atoms with Gasteiger partial charge in [-0.05, 0) is 49.4 Å². The van der Waals surface area contributed by atoms with E-state index >= 15 is 0 Å². The van der Waals surface area contributed by atoms with E-state index in [2.05, 4.69) is 55.4 Å². The Morgan fingerprint density at radius 3 is 0.660 bits per heavy atom. The molecule has 0 saturated carbocycles. The number of phosphoric ester groups is 2. The van der Waals surface area contributed by atoms with Gasteiger partial charge in [-0.2, -0.15) is 0 Å². The Morgan fingerprint density at radius 2 is 0.447 bits per heavy atom. The van der Waals surface area contributed by atoms with Gasteiger partial charge in [0.1, 0.15) is 19.3 Å². The summed E-state index contributed by atoms with van der Waals surface area (Å²) in [4.78, 5) is 72.6. The number of aliphatic hydroxyl groups is 1. The van der Waals surface area contributed by atoms with Crippen molar-refractivity contribution in [2.75, 3.05) is 39.6 Å². The van der Waals surface area contributed by atoms with Crippen LogP contribution in [0.3, 0.4) is 0 Å². The topological polar surface area (TPSA) is 237 Å². The molecular formula is C75H146O17P2. The van der Waals surface area contributed by atoms with Crippen molar-refractivity contribution < 1.29 is 80.2 Å². The number of ether oxygens (including phenoxy) is 4. The van der Waals surface area contributed by atoms with Crippen LogP contribution in [0.5, 0.6) is 0 Å². The largest absolute Gasteiger partial charge is 0.472 e. The maximum Gasteiger partial charge on any atom is 0.472 e. The van der Waals surface area contributed by atoms with Gasteiger partial charge in [-0.3, -0.25) is 37.3 Å². The monoisotopic (exact) mass is 1380 g/mol. The van der Waals surface area contributed by atoms with Crippen molar-refractivity contribution >= 4 is 39.5 Å². The Balaban J connectivity index is 5.19. The van der Waals surface area contributed by atoms with E-state index in [0.717, 1.165) is 108 Å². The van der Waals surface area contributed by atoms with Crippen molar-refractivity contribution in [3.8, 4) is 0 Å². The molecule has 0 saturated heterocycles. The number of rotatable bonds is 72. The third-order valence-corrected chi connectivity index (χ3v) is 19.2. The van der Waals surface area contributed by atoms with Crippen molar-refractivity contribution in [2.24, 2.45) is 23.7 Å². The maximum atomic E-state index is 13.1. The fourth-order valence-corrected chi connectivity index (χ4v) is 13.0. The highest BCUT2D eigenvalue weighted by Crippen LogP contribution is 2.45. The quantitative estimate of drug-likeness (QED) is 0.0222. The number of carbonyl (C=O) groups is 4. The minimum Gasteiger partial charge on any atom is -0.462 e. The van der Waals surface area contributed by atoms with E-state index in [-0.39, 0.29) is 25.7 Å². The molecule has 2 unspecified atom stereocenters. The summed E-state index contributed by atoms with van der Waals surface area (Å²) in [7, 11) is -9.91. The average molecular weight is 1380 g/mol. The van der Waals surface area contributed by atoms with Crippen LogP contribution in [-0.4, -0.2) is 96.7 Å². The van der Waals surface area contributed by atoms with E-state index in [1.807, 2.05) is 0 Å². The number of esters is 4. The molecule has 0 aliphatic heterocycles. The molecule has 0 aromatic rings. The maximum absolute atomic E-state index is 13.1. The number of hydrogen-bond donors (Lipinski definition) is 3. The Kier molecular flexibility index (Phi) is 63.1. The van der Waals surface area contributed by atoms with Crippen molar-refractivity contribution in [2.45, 2.75) is 395 Å². The molecule has 0 spiro atoms. The van der Waals surface area contributed by atoms with Crippen molar-refractivity contribution in [1.29, 1.82) is 0 Å². The molecule has 17 nitrogen and oxygen atoms in total. The lowest BCUT2D eigenvalue weighted by Crippen LogP contribution is -2.30. The summed E-state index contributed by atoms with van der Waals surface area (Å²) in [6.07, 6.45) is 49.0. The summed E-state index contributed by atoms with van der Waals surface area (Å²) in [5.41, 5.74) is 0. The predicted molar refractivity (Wildman–Crippen MR) is 381 cm³/mol. The third-order valence-electron chi connectivity index (χ3n) is 17.3. The van der Waals surface area contributed by atoms with Crippen LogP contribution < -0.4 is 0 Å². The minimum atomic E-state index is -4.96. The molecule has 0 fully saturated rings. The zero-order chi connectivity index (χ0) is 69.6. The van der Waals surface area contributed by atoms with E-state index in [4.69, 9.17) is 37.0 Å². The molecule has 0 rings (SSSR count). The van der Waals surface area contributed by atoms with Crippen molar-refractivity contribution in [3.63, 3.8) is 0 Å². The van der Waals surface area contributed by atoms with Gasteiger partial charge in [0, 0.05) is 25.7 Å². The Hall–Kier alpha value is -1.94. The number of aliphatic hydroxyl groups excluding tert-OH is 1.